The van der Waals surface area contributed by atoms with E-state index in [9.17, 15) is 0 Å². The van der Waals surface area contributed by atoms with Gasteiger partial charge in [-0.15, -0.1) is 0 Å². The predicted octanol–water partition coefficient (Wildman–Crippen LogP) is 4.57. The van der Waals surface area contributed by atoms with Crippen LogP contribution in [0.15, 0.2) is 60.9 Å². The second kappa shape index (κ2) is 8.02. The van der Waals surface area contributed by atoms with Gasteiger partial charge in [-0.1, -0.05) is 24.3 Å². The maximum Gasteiger partial charge on any atom is 0.231 e. The SMILES string of the molecule is Nc1nccn2c(C3CCN(Cc4ccc5c(c4)OCO5)CC3)nc(-c3cc4ccccc4[nH]3)c12. The van der Waals surface area contributed by atoms with Crippen molar-refractivity contribution in [3.05, 3.63) is 72.3 Å². The van der Waals surface area contributed by atoms with Gasteiger partial charge in [0.25, 0.3) is 0 Å². The summed E-state index contributed by atoms with van der Waals surface area (Å²) in [5.41, 5.74) is 11.4. The third kappa shape index (κ3) is 3.49. The van der Waals surface area contributed by atoms with Gasteiger partial charge in [0, 0.05) is 35.8 Å². The smallest absolute Gasteiger partial charge is 0.231 e. The summed E-state index contributed by atoms with van der Waals surface area (Å²) in [7, 11) is 0. The lowest BCUT2D eigenvalue weighted by Crippen LogP contribution is -2.33. The molecule has 0 atom stereocenters. The number of ether oxygens (including phenoxy) is 2. The van der Waals surface area contributed by atoms with E-state index in [1.807, 2.05) is 24.4 Å². The van der Waals surface area contributed by atoms with Gasteiger partial charge in [-0.05, 0) is 55.8 Å². The largest absolute Gasteiger partial charge is 0.454 e. The Kier molecular flexibility index (Phi) is 4.66. The molecule has 0 saturated carbocycles. The van der Waals surface area contributed by atoms with E-state index in [2.05, 4.69) is 49.6 Å². The molecule has 0 spiro atoms. The van der Waals surface area contributed by atoms with E-state index in [4.69, 9.17) is 20.2 Å². The summed E-state index contributed by atoms with van der Waals surface area (Å²) in [6, 6.07) is 16.6. The monoisotopic (exact) mass is 466 g/mol. The lowest BCUT2D eigenvalue weighted by molar-refractivity contribution is 0.173. The highest BCUT2D eigenvalue weighted by Gasteiger charge is 2.27. The summed E-state index contributed by atoms with van der Waals surface area (Å²) >= 11 is 0. The van der Waals surface area contributed by atoms with Gasteiger partial charge in [0.05, 0.1) is 5.69 Å². The average molecular weight is 467 g/mol. The molecule has 176 valence electrons. The van der Waals surface area contributed by atoms with E-state index in [0.29, 0.717) is 18.5 Å². The number of aromatic amines is 1. The number of likely N-dealkylation sites (tertiary alicyclic amines) is 1. The molecule has 8 heteroatoms. The fourth-order valence-corrected chi connectivity index (χ4v) is 5.41. The normalized spacial score (nSPS) is 16.5. The number of rotatable bonds is 4. The van der Waals surface area contributed by atoms with Crippen LogP contribution in [0.2, 0.25) is 0 Å². The van der Waals surface area contributed by atoms with Gasteiger partial charge in [-0.25, -0.2) is 9.97 Å². The molecule has 1 fully saturated rings. The van der Waals surface area contributed by atoms with Gasteiger partial charge in [0.2, 0.25) is 6.79 Å². The predicted molar refractivity (Wildman–Crippen MR) is 135 cm³/mol. The molecule has 0 radical (unpaired) electrons. The first-order valence-corrected chi connectivity index (χ1v) is 12.0. The molecule has 3 N–H and O–H groups in total. The number of imidazole rings is 1. The van der Waals surface area contributed by atoms with Crippen molar-refractivity contribution in [2.75, 3.05) is 25.6 Å². The Morgan fingerprint density at radius 2 is 1.89 bits per heavy atom. The van der Waals surface area contributed by atoms with Crippen LogP contribution >= 0.6 is 0 Å². The van der Waals surface area contributed by atoms with E-state index < -0.39 is 0 Å². The zero-order chi connectivity index (χ0) is 23.4. The molecular formula is C27H26N6O2. The molecule has 8 nitrogen and oxygen atoms in total. The van der Waals surface area contributed by atoms with Gasteiger partial charge >= 0.3 is 0 Å². The molecule has 0 bridgehead atoms. The van der Waals surface area contributed by atoms with E-state index in [1.165, 1.54) is 5.56 Å². The molecule has 0 unspecified atom stereocenters. The molecular weight excluding hydrogens is 440 g/mol. The maximum atomic E-state index is 6.36. The van der Waals surface area contributed by atoms with Crippen molar-refractivity contribution < 1.29 is 9.47 Å². The Morgan fingerprint density at radius 1 is 1.03 bits per heavy atom. The van der Waals surface area contributed by atoms with Gasteiger partial charge in [-0.3, -0.25) is 9.30 Å². The van der Waals surface area contributed by atoms with E-state index in [1.54, 1.807) is 6.20 Å². The number of benzene rings is 2. The molecule has 1 saturated heterocycles. The van der Waals surface area contributed by atoms with Crippen molar-refractivity contribution in [1.29, 1.82) is 0 Å². The number of para-hydroxylation sites is 1. The summed E-state index contributed by atoms with van der Waals surface area (Å²) < 4.78 is 13.1. The molecule has 2 aliphatic heterocycles. The standard InChI is InChI=1S/C27H26N6O2/c28-26-25-24(21-14-19-3-1-2-4-20(19)30-21)31-27(33(25)12-9-29-26)18-7-10-32(11-8-18)15-17-5-6-22-23(13-17)35-16-34-22/h1-6,9,12-14,18,30H,7-8,10-11,15-16H2,(H2,28,29). The number of aromatic nitrogens is 4. The van der Waals surface area contributed by atoms with Crippen molar-refractivity contribution in [3.8, 4) is 22.9 Å². The Hall–Kier alpha value is -4.04. The van der Waals surface area contributed by atoms with Crippen LogP contribution in [0.1, 0.15) is 30.1 Å². The van der Waals surface area contributed by atoms with Crippen LogP contribution in [-0.4, -0.2) is 44.1 Å². The summed E-state index contributed by atoms with van der Waals surface area (Å²) in [5.74, 6) is 3.59. The molecule has 35 heavy (non-hydrogen) atoms. The first-order valence-electron chi connectivity index (χ1n) is 12.0. The fraction of sp³-hybridized carbons (Fsp3) is 0.259. The number of anilines is 1. The van der Waals surface area contributed by atoms with Gasteiger partial charge in [0.1, 0.15) is 22.9 Å². The van der Waals surface area contributed by atoms with Crippen molar-refractivity contribution in [3.63, 3.8) is 0 Å². The highest BCUT2D eigenvalue weighted by molar-refractivity contribution is 5.91. The van der Waals surface area contributed by atoms with Crippen LogP contribution in [0.5, 0.6) is 11.5 Å². The lowest BCUT2D eigenvalue weighted by Gasteiger charge is -2.31. The number of piperidine rings is 1. The fourth-order valence-electron chi connectivity index (χ4n) is 5.41. The third-order valence-corrected chi connectivity index (χ3v) is 7.19. The van der Waals surface area contributed by atoms with Crippen LogP contribution < -0.4 is 15.2 Å². The molecule has 0 aliphatic carbocycles. The number of nitrogens with one attached hydrogen (secondary N) is 1. The van der Waals surface area contributed by atoms with Crippen LogP contribution in [0.3, 0.4) is 0 Å². The highest BCUT2D eigenvalue weighted by atomic mass is 16.7. The van der Waals surface area contributed by atoms with Gasteiger partial charge < -0.3 is 20.2 Å². The number of hydrogen-bond acceptors (Lipinski definition) is 6. The van der Waals surface area contributed by atoms with Crippen LogP contribution in [-0.2, 0) is 6.54 Å². The number of nitrogens with zero attached hydrogens (tertiary/aromatic N) is 4. The average Bonchev–Trinajstić information content (AvgIpc) is 3.61. The zero-order valence-corrected chi connectivity index (χ0v) is 19.3. The van der Waals surface area contributed by atoms with Crippen LogP contribution in [0.25, 0.3) is 27.8 Å². The minimum Gasteiger partial charge on any atom is -0.454 e. The quantitative estimate of drug-likeness (QED) is 0.403. The van der Waals surface area contributed by atoms with E-state index in [0.717, 1.165) is 77.6 Å². The van der Waals surface area contributed by atoms with E-state index >= 15 is 0 Å². The minimum absolute atomic E-state index is 0.309. The zero-order valence-electron chi connectivity index (χ0n) is 19.3. The molecule has 5 aromatic rings. The molecule has 5 heterocycles. The Balaban J connectivity index is 1.16. The highest BCUT2D eigenvalue weighted by Crippen LogP contribution is 2.36. The summed E-state index contributed by atoms with van der Waals surface area (Å²) in [6.45, 7) is 3.23. The maximum absolute atomic E-state index is 6.36. The Morgan fingerprint density at radius 3 is 2.77 bits per heavy atom. The molecule has 2 aliphatic rings. The first-order chi connectivity index (χ1) is 17.2. The Labute approximate surface area is 202 Å². The van der Waals surface area contributed by atoms with Crippen molar-refractivity contribution in [2.24, 2.45) is 0 Å². The number of H-pyrrole nitrogens is 1. The topological polar surface area (TPSA) is 93.7 Å². The molecule has 7 rings (SSSR count). The van der Waals surface area contributed by atoms with Gasteiger partial charge in [-0.2, -0.15) is 0 Å². The van der Waals surface area contributed by atoms with E-state index in [-0.39, 0.29) is 0 Å². The lowest BCUT2D eigenvalue weighted by atomic mass is 9.95. The number of fused-ring (bicyclic) bond motifs is 3. The number of hydrogen-bond donors (Lipinski definition) is 2. The van der Waals surface area contributed by atoms with Crippen LogP contribution in [0, 0.1) is 0 Å². The van der Waals surface area contributed by atoms with Gasteiger partial charge in [0.15, 0.2) is 11.5 Å². The number of nitrogen functional groups attached to an aromatic ring is 1. The van der Waals surface area contributed by atoms with Crippen molar-refractivity contribution >= 4 is 22.2 Å². The molecule has 2 aromatic carbocycles. The number of nitrogens with two attached hydrogens (primary N) is 1. The Bertz CT molecular complexity index is 1510. The third-order valence-electron chi connectivity index (χ3n) is 7.19. The first kappa shape index (κ1) is 20.3. The van der Waals surface area contributed by atoms with Crippen molar-refractivity contribution in [2.45, 2.75) is 25.3 Å². The molecule has 3 aromatic heterocycles. The summed E-state index contributed by atoms with van der Waals surface area (Å²) in [5, 5.41) is 1.16. The van der Waals surface area contributed by atoms with Crippen LogP contribution in [0.4, 0.5) is 5.82 Å². The molecule has 0 amide bonds. The minimum atomic E-state index is 0.309. The summed E-state index contributed by atoms with van der Waals surface area (Å²) in [6.07, 6.45) is 5.83. The second-order valence-corrected chi connectivity index (χ2v) is 9.36. The second-order valence-electron chi connectivity index (χ2n) is 9.36. The van der Waals surface area contributed by atoms with Crippen molar-refractivity contribution in [1.82, 2.24) is 24.3 Å². The summed E-state index contributed by atoms with van der Waals surface area (Å²) in [4.78, 5) is 15.5.